The number of nitro groups is 2. The van der Waals surface area contributed by atoms with Gasteiger partial charge in [-0.05, 0) is 26.7 Å². The molecule has 0 bridgehead atoms. The van der Waals surface area contributed by atoms with E-state index >= 15 is 0 Å². The van der Waals surface area contributed by atoms with E-state index < -0.39 is 36.1 Å². The third-order valence-corrected chi connectivity index (χ3v) is 6.15. The molecule has 1 aromatic heterocycles. The van der Waals surface area contributed by atoms with E-state index in [0.717, 1.165) is 38.1 Å². The Bertz CT molecular complexity index is 1080. The molecule has 3 rings (SSSR count). The van der Waals surface area contributed by atoms with Gasteiger partial charge in [0.05, 0.1) is 21.3 Å². The van der Waals surface area contributed by atoms with Crippen molar-refractivity contribution >= 4 is 27.2 Å². The van der Waals surface area contributed by atoms with Crippen LogP contribution in [-0.4, -0.2) is 41.3 Å². The van der Waals surface area contributed by atoms with Gasteiger partial charge in [-0.15, -0.1) is 0 Å². The van der Waals surface area contributed by atoms with Crippen molar-refractivity contribution in [3.8, 4) is 0 Å². The molecular formula is C17H20N6O6S. The molecule has 0 atom stereocenters. The Morgan fingerprint density at radius 3 is 2.13 bits per heavy atom. The number of aryl methyl sites for hydroxylation is 1. The fourth-order valence-electron chi connectivity index (χ4n) is 3.24. The van der Waals surface area contributed by atoms with E-state index in [2.05, 4.69) is 19.6 Å². The average Bonchev–Trinajstić information content (AvgIpc) is 3.20. The van der Waals surface area contributed by atoms with Crippen LogP contribution in [-0.2, 0) is 16.6 Å². The third-order valence-electron chi connectivity index (χ3n) is 4.77. The highest BCUT2D eigenvalue weighted by Gasteiger charge is 2.28. The van der Waals surface area contributed by atoms with Gasteiger partial charge in [0, 0.05) is 37.0 Å². The minimum atomic E-state index is -4.28. The van der Waals surface area contributed by atoms with Crippen LogP contribution in [0.15, 0.2) is 23.1 Å². The van der Waals surface area contributed by atoms with Gasteiger partial charge in [-0.3, -0.25) is 20.2 Å². The Balaban J connectivity index is 1.89. The van der Waals surface area contributed by atoms with Crippen LogP contribution in [0.3, 0.4) is 0 Å². The summed E-state index contributed by atoms with van der Waals surface area (Å²) in [4.78, 5) is 30.8. The normalized spacial score (nSPS) is 14.1. The number of anilines is 1. The summed E-state index contributed by atoms with van der Waals surface area (Å²) >= 11 is 0. The van der Waals surface area contributed by atoms with Crippen molar-refractivity contribution in [3.63, 3.8) is 0 Å². The van der Waals surface area contributed by atoms with Gasteiger partial charge in [0.2, 0.25) is 10.0 Å². The number of nitro benzene ring substituents is 2. The molecule has 30 heavy (non-hydrogen) atoms. The molecule has 13 heteroatoms. The molecule has 1 aliphatic heterocycles. The zero-order valence-corrected chi connectivity index (χ0v) is 17.2. The van der Waals surface area contributed by atoms with Gasteiger partial charge in [-0.25, -0.2) is 23.1 Å². The smallest absolute Gasteiger partial charge is 0.280 e. The van der Waals surface area contributed by atoms with Gasteiger partial charge in [0.25, 0.3) is 11.4 Å². The molecule has 1 N–H and O–H groups in total. The maximum atomic E-state index is 12.7. The molecule has 1 saturated heterocycles. The maximum absolute atomic E-state index is 12.7. The van der Waals surface area contributed by atoms with E-state index in [1.807, 2.05) is 6.07 Å². The largest absolute Gasteiger partial charge is 0.357 e. The van der Waals surface area contributed by atoms with Crippen molar-refractivity contribution in [1.82, 2.24) is 14.7 Å². The van der Waals surface area contributed by atoms with Crippen LogP contribution in [0.4, 0.5) is 17.2 Å². The summed E-state index contributed by atoms with van der Waals surface area (Å²) in [5.41, 5.74) is -0.843. The number of benzene rings is 1. The molecule has 0 saturated carbocycles. The van der Waals surface area contributed by atoms with Crippen molar-refractivity contribution in [1.29, 1.82) is 0 Å². The number of aromatic nitrogens is 2. The quantitative estimate of drug-likeness (QED) is 0.505. The fraction of sp³-hybridized carbons (Fsp3) is 0.412. The van der Waals surface area contributed by atoms with E-state index in [0.29, 0.717) is 11.5 Å². The summed E-state index contributed by atoms with van der Waals surface area (Å²) in [6.45, 7) is 4.42. The molecule has 1 aromatic carbocycles. The van der Waals surface area contributed by atoms with Gasteiger partial charge in [-0.2, -0.15) is 0 Å². The van der Waals surface area contributed by atoms with Gasteiger partial charge in [0.1, 0.15) is 17.2 Å². The van der Waals surface area contributed by atoms with E-state index in [9.17, 15) is 28.6 Å². The molecule has 0 aliphatic carbocycles. The monoisotopic (exact) mass is 436 g/mol. The minimum Gasteiger partial charge on any atom is -0.357 e. The Kier molecular flexibility index (Phi) is 5.94. The SMILES string of the molecule is Cc1cc(N2CCCC2)nc(CNS(=O)(=O)c2cc([N+](=O)[O-])c(C)c([N+](=O)[O-])c2)n1. The molecule has 0 spiro atoms. The van der Waals surface area contributed by atoms with Crippen molar-refractivity contribution in [3.05, 3.63) is 55.5 Å². The molecule has 1 aliphatic rings. The van der Waals surface area contributed by atoms with Crippen LogP contribution in [0.1, 0.15) is 29.9 Å². The Labute approximate surface area is 172 Å². The predicted octanol–water partition coefficient (Wildman–Crippen LogP) is 1.99. The van der Waals surface area contributed by atoms with Gasteiger partial charge in [-0.1, -0.05) is 0 Å². The second-order valence-corrected chi connectivity index (χ2v) is 8.67. The third kappa shape index (κ3) is 4.52. The topological polar surface area (TPSA) is 161 Å². The summed E-state index contributed by atoms with van der Waals surface area (Å²) in [5, 5.41) is 22.4. The first-order chi connectivity index (χ1) is 14.1. The van der Waals surface area contributed by atoms with E-state index in [1.54, 1.807) is 6.92 Å². The number of sulfonamides is 1. The molecule has 0 amide bonds. The Hall–Kier alpha value is -3.19. The molecule has 2 aromatic rings. The minimum absolute atomic E-state index is 0.221. The molecule has 2 heterocycles. The zero-order valence-electron chi connectivity index (χ0n) is 16.4. The van der Waals surface area contributed by atoms with Crippen molar-refractivity contribution in [2.24, 2.45) is 0 Å². The lowest BCUT2D eigenvalue weighted by Gasteiger charge is -2.17. The predicted molar refractivity (Wildman–Crippen MR) is 107 cm³/mol. The van der Waals surface area contributed by atoms with Gasteiger partial charge < -0.3 is 4.90 Å². The first kappa shape index (κ1) is 21.5. The van der Waals surface area contributed by atoms with Crippen LogP contribution in [0.2, 0.25) is 0 Å². The summed E-state index contributed by atoms with van der Waals surface area (Å²) in [6.07, 6.45) is 2.10. The van der Waals surface area contributed by atoms with Crippen molar-refractivity contribution in [2.75, 3.05) is 18.0 Å². The lowest BCUT2D eigenvalue weighted by Crippen LogP contribution is -2.26. The number of rotatable bonds is 7. The van der Waals surface area contributed by atoms with Crippen LogP contribution in [0.25, 0.3) is 0 Å². The molecule has 1 fully saturated rings. The Morgan fingerprint density at radius 2 is 1.60 bits per heavy atom. The second kappa shape index (κ2) is 8.28. The Morgan fingerprint density at radius 1 is 1.03 bits per heavy atom. The van der Waals surface area contributed by atoms with E-state index in [-0.39, 0.29) is 17.9 Å². The molecule has 0 unspecified atom stereocenters. The highest BCUT2D eigenvalue weighted by molar-refractivity contribution is 7.89. The standard InChI is InChI=1S/C17H20N6O6S/c1-11-7-17(21-5-3-4-6-21)20-16(19-11)10-18-30(28,29)13-8-14(22(24)25)12(2)15(9-13)23(26)27/h7-9,18H,3-6,10H2,1-2H3. The first-order valence-electron chi connectivity index (χ1n) is 9.11. The van der Waals surface area contributed by atoms with Crippen LogP contribution in [0, 0.1) is 34.1 Å². The van der Waals surface area contributed by atoms with Crippen LogP contribution < -0.4 is 9.62 Å². The number of nitrogens with zero attached hydrogens (tertiary/aromatic N) is 5. The number of hydrogen-bond acceptors (Lipinski definition) is 9. The summed E-state index contributed by atoms with van der Waals surface area (Å²) < 4.78 is 27.6. The lowest BCUT2D eigenvalue weighted by molar-refractivity contribution is -0.395. The summed E-state index contributed by atoms with van der Waals surface area (Å²) in [7, 11) is -4.28. The van der Waals surface area contributed by atoms with E-state index in [1.165, 1.54) is 6.92 Å². The molecule has 160 valence electrons. The lowest BCUT2D eigenvalue weighted by atomic mass is 10.1. The van der Waals surface area contributed by atoms with E-state index in [4.69, 9.17) is 0 Å². The fourth-order valence-corrected chi connectivity index (χ4v) is 4.26. The molecule has 12 nitrogen and oxygen atoms in total. The maximum Gasteiger partial charge on any atom is 0.280 e. The van der Waals surface area contributed by atoms with Gasteiger partial charge in [0.15, 0.2) is 0 Å². The van der Waals surface area contributed by atoms with Crippen LogP contribution in [0.5, 0.6) is 0 Å². The second-order valence-electron chi connectivity index (χ2n) is 6.90. The molecular weight excluding hydrogens is 416 g/mol. The highest BCUT2D eigenvalue weighted by atomic mass is 32.2. The van der Waals surface area contributed by atoms with Gasteiger partial charge >= 0.3 is 0 Å². The van der Waals surface area contributed by atoms with Crippen molar-refractivity contribution < 1.29 is 18.3 Å². The first-order valence-corrected chi connectivity index (χ1v) is 10.6. The molecule has 0 radical (unpaired) electrons. The zero-order chi connectivity index (χ0) is 22.1. The highest BCUT2D eigenvalue weighted by Crippen LogP contribution is 2.31. The number of hydrogen-bond donors (Lipinski definition) is 1. The summed E-state index contributed by atoms with van der Waals surface area (Å²) in [5.74, 6) is 0.937. The average molecular weight is 436 g/mol. The summed E-state index contributed by atoms with van der Waals surface area (Å²) in [6, 6.07) is 3.42. The van der Waals surface area contributed by atoms with Crippen LogP contribution >= 0.6 is 0 Å². The van der Waals surface area contributed by atoms with Crippen molar-refractivity contribution in [2.45, 2.75) is 38.1 Å². The number of nitrogens with one attached hydrogen (secondary N) is 1.